The maximum atomic E-state index is 12.4. The highest BCUT2D eigenvalue weighted by molar-refractivity contribution is 6.34. The van der Waals surface area contributed by atoms with Crippen molar-refractivity contribution in [3.8, 4) is 11.5 Å². The zero-order valence-electron chi connectivity index (χ0n) is 16.2. The summed E-state index contributed by atoms with van der Waals surface area (Å²) < 4.78 is 10.8. The largest absolute Gasteiger partial charge is 0.497 e. The van der Waals surface area contributed by atoms with Crippen LogP contribution in [0.3, 0.4) is 0 Å². The zero-order chi connectivity index (χ0) is 20.5. The lowest BCUT2D eigenvalue weighted by Gasteiger charge is -2.10. The average Bonchev–Trinajstić information content (AvgIpc) is 2.74. The average molecular weight is 411 g/mol. The van der Waals surface area contributed by atoms with E-state index >= 15 is 0 Å². The summed E-state index contributed by atoms with van der Waals surface area (Å²) >= 11 is 6.09. The Morgan fingerprint density at radius 3 is 2.48 bits per heavy atom. The molecule has 29 heavy (non-hydrogen) atoms. The van der Waals surface area contributed by atoms with Gasteiger partial charge in [0.2, 0.25) is 0 Å². The van der Waals surface area contributed by atoms with Crippen LogP contribution in [0.1, 0.15) is 15.9 Å². The Morgan fingerprint density at radius 2 is 1.72 bits per heavy atom. The van der Waals surface area contributed by atoms with Crippen molar-refractivity contribution in [2.24, 2.45) is 0 Å². The van der Waals surface area contributed by atoms with Gasteiger partial charge in [-0.2, -0.15) is 0 Å². The standard InChI is InChI=1S/C23H23ClN2O3/c1-28-19-9-11-20(12-10-19)29-14-13-25-16-17-5-4-6-18(15-17)26-23(27)21-7-2-3-8-22(21)24/h2-12,15,25H,13-14,16H2,1H3,(H,26,27). The molecule has 5 nitrogen and oxygen atoms in total. The number of carbonyl (C=O) groups is 1. The molecule has 0 atom stereocenters. The maximum absolute atomic E-state index is 12.4. The van der Waals surface area contributed by atoms with Gasteiger partial charge in [-0.15, -0.1) is 0 Å². The van der Waals surface area contributed by atoms with E-state index in [1.165, 1.54) is 0 Å². The van der Waals surface area contributed by atoms with Crippen molar-refractivity contribution in [2.45, 2.75) is 6.54 Å². The lowest BCUT2D eigenvalue weighted by atomic mass is 10.1. The third-order valence-corrected chi connectivity index (χ3v) is 4.57. The predicted molar refractivity (Wildman–Crippen MR) is 116 cm³/mol. The minimum atomic E-state index is -0.228. The van der Waals surface area contributed by atoms with Crippen molar-refractivity contribution in [3.05, 3.63) is 88.9 Å². The maximum Gasteiger partial charge on any atom is 0.257 e. The van der Waals surface area contributed by atoms with Gasteiger partial charge in [-0.1, -0.05) is 35.9 Å². The summed E-state index contributed by atoms with van der Waals surface area (Å²) in [5.74, 6) is 1.38. The van der Waals surface area contributed by atoms with E-state index in [-0.39, 0.29) is 5.91 Å². The second kappa shape index (κ2) is 10.5. The number of hydrogen-bond donors (Lipinski definition) is 2. The quantitative estimate of drug-likeness (QED) is 0.499. The van der Waals surface area contributed by atoms with Gasteiger partial charge < -0.3 is 20.1 Å². The number of ether oxygens (including phenoxy) is 2. The molecule has 0 saturated heterocycles. The van der Waals surface area contributed by atoms with Crippen LogP contribution in [-0.4, -0.2) is 26.2 Å². The van der Waals surface area contributed by atoms with E-state index in [1.807, 2.05) is 48.5 Å². The summed E-state index contributed by atoms with van der Waals surface area (Å²) in [5.41, 5.74) is 2.24. The van der Waals surface area contributed by atoms with E-state index < -0.39 is 0 Å². The molecule has 0 aromatic heterocycles. The molecule has 0 spiro atoms. The highest BCUT2D eigenvalue weighted by Gasteiger charge is 2.09. The second-order valence-electron chi connectivity index (χ2n) is 6.34. The number of carbonyl (C=O) groups excluding carboxylic acids is 1. The Balaban J connectivity index is 1.44. The van der Waals surface area contributed by atoms with Crippen LogP contribution in [0, 0.1) is 0 Å². The van der Waals surface area contributed by atoms with Gasteiger partial charge in [0.15, 0.2) is 0 Å². The van der Waals surface area contributed by atoms with Crippen molar-refractivity contribution in [2.75, 3.05) is 25.6 Å². The van der Waals surface area contributed by atoms with E-state index in [9.17, 15) is 4.79 Å². The number of methoxy groups -OCH3 is 1. The van der Waals surface area contributed by atoms with Crippen molar-refractivity contribution in [1.29, 1.82) is 0 Å². The summed E-state index contributed by atoms with van der Waals surface area (Å²) in [6.07, 6.45) is 0. The first-order valence-corrected chi connectivity index (χ1v) is 9.66. The van der Waals surface area contributed by atoms with Gasteiger partial charge in [-0.3, -0.25) is 4.79 Å². The number of hydrogen-bond acceptors (Lipinski definition) is 4. The van der Waals surface area contributed by atoms with Crippen molar-refractivity contribution in [3.63, 3.8) is 0 Å². The molecule has 0 heterocycles. The summed E-state index contributed by atoms with van der Waals surface area (Å²) in [6.45, 7) is 1.92. The van der Waals surface area contributed by atoms with Gasteiger partial charge in [0.25, 0.3) is 5.91 Å². The van der Waals surface area contributed by atoms with Crippen LogP contribution in [0.2, 0.25) is 5.02 Å². The Morgan fingerprint density at radius 1 is 0.966 bits per heavy atom. The molecule has 0 bridgehead atoms. The monoisotopic (exact) mass is 410 g/mol. The number of benzene rings is 3. The molecule has 3 aromatic rings. The van der Waals surface area contributed by atoms with Gasteiger partial charge in [0.1, 0.15) is 18.1 Å². The molecule has 0 fully saturated rings. The number of amides is 1. The molecule has 0 saturated carbocycles. The molecular weight excluding hydrogens is 388 g/mol. The molecule has 2 N–H and O–H groups in total. The van der Waals surface area contributed by atoms with Gasteiger partial charge in [0.05, 0.1) is 17.7 Å². The zero-order valence-corrected chi connectivity index (χ0v) is 16.9. The van der Waals surface area contributed by atoms with Crippen LogP contribution in [-0.2, 0) is 6.54 Å². The van der Waals surface area contributed by atoms with Crippen LogP contribution in [0.15, 0.2) is 72.8 Å². The van der Waals surface area contributed by atoms with Gasteiger partial charge in [0, 0.05) is 18.8 Å². The van der Waals surface area contributed by atoms with E-state index in [0.29, 0.717) is 30.3 Å². The van der Waals surface area contributed by atoms with Crippen molar-refractivity contribution < 1.29 is 14.3 Å². The second-order valence-corrected chi connectivity index (χ2v) is 6.74. The Kier molecular flexibility index (Phi) is 7.50. The molecule has 6 heteroatoms. The summed E-state index contributed by atoms with van der Waals surface area (Å²) in [5, 5.41) is 6.65. The fraction of sp³-hybridized carbons (Fsp3) is 0.174. The highest BCUT2D eigenvalue weighted by atomic mass is 35.5. The van der Waals surface area contributed by atoms with Crippen molar-refractivity contribution >= 4 is 23.2 Å². The van der Waals surface area contributed by atoms with E-state index in [0.717, 1.165) is 22.7 Å². The van der Waals surface area contributed by atoms with Crippen LogP contribution in [0.25, 0.3) is 0 Å². The number of nitrogens with one attached hydrogen (secondary N) is 2. The van der Waals surface area contributed by atoms with Gasteiger partial charge in [-0.25, -0.2) is 0 Å². The molecule has 150 valence electrons. The lowest BCUT2D eigenvalue weighted by Crippen LogP contribution is -2.20. The molecule has 0 radical (unpaired) electrons. The summed E-state index contributed by atoms with van der Waals surface area (Å²) in [6, 6.07) is 22.2. The van der Waals surface area contributed by atoms with Crippen molar-refractivity contribution in [1.82, 2.24) is 5.32 Å². The number of rotatable bonds is 9. The third-order valence-electron chi connectivity index (χ3n) is 4.24. The Bertz CT molecular complexity index is 945. The molecule has 0 unspecified atom stereocenters. The minimum absolute atomic E-state index is 0.228. The topological polar surface area (TPSA) is 59.6 Å². The smallest absolute Gasteiger partial charge is 0.257 e. The molecule has 0 aliphatic carbocycles. The molecule has 3 rings (SSSR count). The summed E-state index contributed by atoms with van der Waals surface area (Å²) in [4.78, 5) is 12.4. The Labute approximate surface area is 175 Å². The number of anilines is 1. The number of halogens is 1. The van der Waals surface area contributed by atoms with Crippen LogP contribution in [0.4, 0.5) is 5.69 Å². The predicted octanol–water partition coefficient (Wildman–Crippen LogP) is 4.77. The fourth-order valence-corrected chi connectivity index (χ4v) is 2.97. The van der Waals surface area contributed by atoms with E-state index in [4.69, 9.17) is 21.1 Å². The van der Waals surface area contributed by atoms with Crippen LogP contribution < -0.4 is 20.1 Å². The third kappa shape index (κ3) is 6.24. The van der Waals surface area contributed by atoms with E-state index in [2.05, 4.69) is 10.6 Å². The van der Waals surface area contributed by atoms with Crippen LogP contribution >= 0.6 is 11.6 Å². The first-order valence-electron chi connectivity index (χ1n) is 9.28. The first kappa shape index (κ1) is 20.7. The van der Waals surface area contributed by atoms with Gasteiger partial charge in [-0.05, 0) is 54.1 Å². The molecule has 0 aliphatic rings. The minimum Gasteiger partial charge on any atom is -0.497 e. The first-order chi connectivity index (χ1) is 14.2. The molecule has 1 amide bonds. The lowest BCUT2D eigenvalue weighted by molar-refractivity contribution is 0.102. The van der Waals surface area contributed by atoms with E-state index in [1.54, 1.807) is 31.4 Å². The normalized spacial score (nSPS) is 10.4. The summed E-state index contributed by atoms with van der Waals surface area (Å²) in [7, 11) is 1.64. The van der Waals surface area contributed by atoms with Crippen LogP contribution in [0.5, 0.6) is 11.5 Å². The molecular formula is C23H23ClN2O3. The highest BCUT2D eigenvalue weighted by Crippen LogP contribution is 2.18. The molecule has 3 aromatic carbocycles. The fourth-order valence-electron chi connectivity index (χ4n) is 2.75. The Hall–Kier alpha value is -3.02. The SMILES string of the molecule is COc1ccc(OCCNCc2cccc(NC(=O)c3ccccc3Cl)c2)cc1. The van der Waals surface area contributed by atoms with Gasteiger partial charge >= 0.3 is 0 Å². The molecule has 0 aliphatic heterocycles.